The van der Waals surface area contributed by atoms with Gasteiger partial charge in [-0.25, -0.2) is 4.68 Å². The van der Waals surface area contributed by atoms with E-state index in [9.17, 15) is 9.59 Å². The second-order valence-corrected chi connectivity index (χ2v) is 8.20. The summed E-state index contributed by atoms with van der Waals surface area (Å²) in [7, 11) is 0. The van der Waals surface area contributed by atoms with Gasteiger partial charge >= 0.3 is 0 Å². The third-order valence-electron chi connectivity index (χ3n) is 5.91. The van der Waals surface area contributed by atoms with Crippen molar-refractivity contribution in [3.05, 3.63) is 79.1 Å². The number of hydrogen-bond donors (Lipinski definition) is 0. The van der Waals surface area contributed by atoms with Gasteiger partial charge in [-0.1, -0.05) is 60.7 Å². The summed E-state index contributed by atoms with van der Waals surface area (Å²) in [5, 5.41) is 11.0. The number of aryl methyl sites for hydroxylation is 1. The molecule has 1 aliphatic rings. The molecule has 8 nitrogen and oxygen atoms in total. The van der Waals surface area contributed by atoms with Crippen LogP contribution in [0.1, 0.15) is 12.0 Å². The van der Waals surface area contributed by atoms with Gasteiger partial charge in [0, 0.05) is 32.6 Å². The zero-order valence-corrected chi connectivity index (χ0v) is 18.6. The summed E-state index contributed by atoms with van der Waals surface area (Å²) in [6, 6.07) is 18.5. The standard InChI is InChI=1S/C25H28N6O2/c1-2-12-29-14-15-30(24(32)11-13-31-19-26-27-28-31)18-23(25(29)33)17-20-7-6-10-22(16-20)21-8-4-3-5-9-21/h2-10,16,19,23H,1,11-15,17-18H2. The summed E-state index contributed by atoms with van der Waals surface area (Å²) in [6.07, 6.45) is 4.09. The van der Waals surface area contributed by atoms with Crippen molar-refractivity contribution in [2.24, 2.45) is 5.92 Å². The Morgan fingerprint density at radius 1 is 1.09 bits per heavy atom. The van der Waals surface area contributed by atoms with Crippen molar-refractivity contribution in [1.82, 2.24) is 30.0 Å². The molecule has 4 rings (SSSR count). The Morgan fingerprint density at radius 3 is 2.67 bits per heavy atom. The molecule has 1 unspecified atom stereocenters. The normalized spacial score (nSPS) is 16.5. The van der Waals surface area contributed by atoms with Gasteiger partial charge < -0.3 is 9.80 Å². The largest absolute Gasteiger partial charge is 0.340 e. The summed E-state index contributed by atoms with van der Waals surface area (Å²) in [5.74, 6) is -0.243. The van der Waals surface area contributed by atoms with Crippen molar-refractivity contribution in [3.8, 4) is 11.1 Å². The number of carbonyl (C=O) groups is 2. The molecule has 0 N–H and O–H groups in total. The number of tetrazole rings is 1. The molecule has 2 aromatic carbocycles. The first-order chi connectivity index (χ1) is 16.1. The fraction of sp³-hybridized carbons (Fsp3) is 0.320. The van der Waals surface area contributed by atoms with E-state index in [2.05, 4.69) is 46.4 Å². The van der Waals surface area contributed by atoms with Crippen LogP contribution in [0.3, 0.4) is 0 Å². The van der Waals surface area contributed by atoms with Gasteiger partial charge in [-0.15, -0.1) is 11.7 Å². The lowest BCUT2D eigenvalue weighted by Gasteiger charge is -2.24. The minimum absolute atomic E-state index is 0.00166. The molecule has 0 radical (unpaired) electrons. The van der Waals surface area contributed by atoms with E-state index in [1.54, 1.807) is 15.9 Å². The molecule has 2 amide bonds. The molecule has 0 spiro atoms. The van der Waals surface area contributed by atoms with E-state index >= 15 is 0 Å². The quantitative estimate of drug-likeness (QED) is 0.499. The summed E-state index contributed by atoms with van der Waals surface area (Å²) in [4.78, 5) is 29.9. The highest BCUT2D eigenvalue weighted by Gasteiger charge is 2.31. The molecule has 8 heteroatoms. The van der Waals surface area contributed by atoms with Crippen molar-refractivity contribution in [1.29, 1.82) is 0 Å². The third kappa shape index (κ3) is 5.71. The van der Waals surface area contributed by atoms with Gasteiger partial charge in [-0.05, 0) is 33.5 Å². The van der Waals surface area contributed by atoms with Crippen LogP contribution in [0.5, 0.6) is 0 Å². The second-order valence-electron chi connectivity index (χ2n) is 8.20. The smallest absolute Gasteiger partial charge is 0.228 e. The fourth-order valence-corrected chi connectivity index (χ4v) is 4.20. The van der Waals surface area contributed by atoms with E-state index in [0.29, 0.717) is 39.1 Å². The lowest BCUT2D eigenvalue weighted by Crippen LogP contribution is -2.38. The molecule has 0 saturated carbocycles. The number of benzene rings is 2. The van der Waals surface area contributed by atoms with Gasteiger partial charge in [0.15, 0.2) is 0 Å². The van der Waals surface area contributed by atoms with E-state index in [-0.39, 0.29) is 24.2 Å². The maximum Gasteiger partial charge on any atom is 0.228 e. The van der Waals surface area contributed by atoms with Crippen molar-refractivity contribution in [2.75, 3.05) is 26.2 Å². The first kappa shape index (κ1) is 22.4. The van der Waals surface area contributed by atoms with Crippen LogP contribution < -0.4 is 0 Å². The van der Waals surface area contributed by atoms with Gasteiger partial charge in [0.1, 0.15) is 6.33 Å². The first-order valence-electron chi connectivity index (χ1n) is 11.2. The lowest BCUT2D eigenvalue weighted by atomic mass is 9.94. The van der Waals surface area contributed by atoms with Gasteiger partial charge in [-0.3, -0.25) is 9.59 Å². The predicted octanol–water partition coefficient (Wildman–Crippen LogP) is 2.45. The van der Waals surface area contributed by atoms with Crippen molar-refractivity contribution in [2.45, 2.75) is 19.4 Å². The molecule has 1 atom stereocenters. The Bertz CT molecular complexity index is 1080. The highest BCUT2D eigenvalue weighted by molar-refractivity contribution is 5.82. The van der Waals surface area contributed by atoms with Gasteiger partial charge in [0.2, 0.25) is 11.8 Å². The zero-order chi connectivity index (χ0) is 23.0. The highest BCUT2D eigenvalue weighted by atomic mass is 16.2. The third-order valence-corrected chi connectivity index (χ3v) is 5.91. The van der Waals surface area contributed by atoms with Crippen LogP contribution in [0, 0.1) is 5.92 Å². The predicted molar refractivity (Wildman–Crippen MR) is 125 cm³/mol. The number of hydrogen-bond acceptors (Lipinski definition) is 5. The number of rotatable bonds is 8. The van der Waals surface area contributed by atoms with Crippen LogP contribution in [-0.4, -0.2) is 68.0 Å². The Balaban J connectivity index is 1.50. The Hall–Kier alpha value is -3.81. The van der Waals surface area contributed by atoms with Crippen LogP contribution in [0.15, 0.2) is 73.6 Å². The second kappa shape index (κ2) is 10.7. The molecular weight excluding hydrogens is 416 g/mol. The van der Waals surface area contributed by atoms with Crippen molar-refractivity contribution < 1.29 is 9.59 Å². The summed E-state index contributed by atoms with van der Waals surface area (Å²) in [5.41, 5.74) is 3.34. The molecule has 33 heavy (non-hydrogen) atoms. The van der Waals surface area contributed by atoms with Crippen LogP contribution >= 0.6 is 0 Å². The van der Waals surface area contributed by atoms with Crippen LogP contribution in [-0.2, 0) is 22.6 Å². The first-order valence-corrected chi connectivity index (χ1v) is 11.2. The van der Waals surface area contributed by atoms with E-state index in [1.807, 2.05) is 30.3 Å². The molecule has 3 aromatic rings. The van der Waals surface area contributed by atoms with Crippen LogP contribution in [0.25, 0.3) is 11.1 Å². The van der Waals surface area contributed by atoms with E-state index < -0.39 is 0 Å². The molecule has 1 aromatic heterocycles. The summed E-state index contributed by atoms with van der Waals surface area (Å²) >= 11 is 0. The lowest BCUT2D eigenvalue weighted by molar-refractivity contribution is -0.134. The molecule has 2 heterocycles. The number of aromatic nitrogens is 4. The molecule has 0 bridgehead atoms. The zero-order valence-electron chi connectivity index (χ0n) is 18.6. The molecule has 0 aliphatic carbocycles. The molecule has 1 aliphatic heterocycles. The molecular formula is C25H28N6O2. The van der Waals surface area contributed by atoms with Crippen LogP contribution in [0.2, 0.25) is 0 Å². The van der Waals surface area contributed by atoms with E-state index in [1.165, 1.54) is 11.0 Å². The molecule has 1 saturated heterocycles. The Labute approximate surface area is 193 Å². The minimum Gasteiger partial charge on any atom is -0.340 e. The van der Waals surface area contributed by atoms with E-state index in [0.717, 1.165) is 16.7 Å². The fourth-order valence-electron chi connectivity index (χ4n) is 4.20. The van der Waals surface area contributed by atoms with Gasteiger partial charge in [0.25, 0.3) is 0 Å². The summed E-state index contributed by atoms with van der Waals surface area (Å²) in [6.45, 7) is 6.09. The maximum absolute atomic E-state index is 13.3. The highest BCUT2D eigenvalue weighted by Crippen LogP contribution is 2.23. The average Bonchev–Trinajstić information content (AvgIpc) is 3.32. The minimum atomic E-state index is -0.310. The van der Waals surface area contributed by atoms with E-state index in [4.69, 9.17) is 0 Å². The SMILES string of the molecule is C=CCN1CCN(C(=O)CCn2cnnn2)CC(Cc2cccc(-c3ccccc3)c2)C1=O. The monoisotopic (exact) mass is 444 g/mol. The Morgan fingerprint density at radius 2 is 1.91 bits per heavy atom. The van der Waals surface area contributed by atoms with Gasteiger partial charge in [0.05, 0.1) is 12.5 Å². The molecule has 1 fully saturated rings. The summed E-state index contributed by atoms with van der Waals surface area (Å²) < 4.78 is 1.54. The maximum atomic E-state index is 13.3. The number of carbonyl (C=O) groups excluding carboxylic acids is 2. The van der Waals surface area contributed by atoms with Crippen molar-refractivity contribution in [3.63, 3.8) is 0 Å². The average molecular weight is 445 g/mol. The van der Waals surface area contributed by atoms with Crippen LogP contribution in [0.4, 0.5) is 0 Å². The van der Waals surface area contributed by atoms with Crippen molar-refractivity contribution >= 4 is 11.8 Å². The number of nitrogens with zero attached hydrogens (tertiary/aromatic N) is 6. The Kier molecular flexibility index (Phi) is 7.24. The number of amides is 2. The van der Waals surface area contributed by atoms with Gasteiger partial charge in [-0.2, -0.15) is 0 Å². The molecule has 170 valence electrons. The topological polar surface area (TPSA) is 84.2 Å².